The maximum Gasteiger partial charge on any atom is 0.225 e. The van der Waals surface area contributed by atoms with E-state index in [-0.39, 0.29) is 0 Å². The van der Waals surface area contributed by atoms with Crippen LogP contribution in [0.3, 0.4) is 0 Å². The Morgan fingerprint density at radius 1 is 1.20 bits per heavy atom. The molecule has 0 bridgehead atoms. The minimum atomic E-state index is 0.582. The normalized spacial score (nSPS) is 10.7. The Morgan fingerprint density at radius 3 is 2.85 bits per heavy atom. The van der Waals surface area contributed by atoms with Crippen molar-refractivity contribution in [2.75, 3.05) is 17.7 Å². The van der Waals surface area contributed by atoms with Crippen LogP contribution in [-0.2, 0) is 6.54 Å². The van der Waals surface area contributed by atoms with Crippen LogP contribution in [0.5, 0.6) is 0 Å². The van der Waals surface area contributed by atoms with Crippen LogP contribution < -0.4 is 10.6 Å². The third-order valence-electron chi connectivity index (χ3n) is 2.82. The third-order valence-corrected chi connectivity index (χ3v) is 3.63. The number of hydrogen-bond donors (Lipinski definition) is 2. The topological polar surface area (TPSA) is 75.6 Å². The molecule has 3 heterocycles. The molecular weight excluding hydrogens is 272 g/mol. The van der Waals surface area contributed by atoms with E-state index in [0.29, 0.717) is 12.5 Å². The van der Waals surface area contributed by atoms with Crippen molar-refractivity contribution in [2.45, 2.75) is 13.5 Å². The molecule has 2 N–H and O–H groups in total. The Bertz CT molecular complexity index is 721. The first kappa shape index (κ1) is 12.7. The fourth-order valence-electron chi connectivity index (χ4n) is 1.79. The molecule has 0 aliphatic carbocycles. The van der Waals surface area contributed by atoms with E-state index in [4.69, 9.17) is 0 Å². The highest BCUT2D eigenvalue weighted by Gasteiger charge is 2.08. The van der Waals surface area contributed by atoms with Gasteiger partial charge in [-0.15, -0.1) is 11.3 Å². The van der Waals surface area contributed by atoms with Crippen molar-refractivity contribution < 1.29 is 0 Å². The smallest absolute Gasteiger partial charge is 0.225 e. The lowest BCUT2D eigenvalue weighted by molar-refractivity contribution is 0.977. The number of nitrogens with one attached hydrogen (secondary N) is 2. The second-order valence-electron chi connectivity index (χ2n) is 4.29. The van der Waals surface area contributed by atoms with Crippen molar-refractivity contribution in [1.29, 1.82) is 0 Å². The molecule has 7 heteroatoms. The molecule has 0 saturated heterocycles. The van der Waals surface area contributed by atoms with Crippen molar-refractivity contribution in [3.05, 3.63) is 35.2 Å². The molecule has 0 unspecified atom stereocenters. The van der Waals surface area contributed by atoms with Gasteiger partial charge in [0, 0.05) is 13.2 Å². The van der Waals surface area contributed by atoms with Crippen molar-refractivity contribution in [3.8, 4) is 0 Å². The average Bonchev–Trinajstić information content (AvgIpc) is 2.94. The summed E-state index contributed by atoms with van der Waals surface area (Å²) in [5.74, 6) is 1.42. The van der Waals surface area contributed by atoms with Crippen LogP contribution in [-0.4, -0.2) is 27.0 Å². The maximum atomic E-state index is 4.45. The van der Waals surface area contributed by atoms with E-state index in [1.54, 1.807) is 23.7 Å². The van der Waals surface area contributed by atoms with Gasteiger partial charge in [0.1, 0.15) is 10.6 Å². The van der Waals surface area contributed by atoms with Gasteiger partial charge in [-0.1, -0.05) is 0 Å². The summed E-state index contributed by atoms with van der Waals surface area (Å²) in [6.45, 7) is 2.50. The molecular formula is C13H14N6S. The summed E-state index contributed by atoms with van der Waals surface area (Å²) < 4.78 is 0. The summed E-state index contributed by atoms with van der Waals surface area (Å²) in [4.78, 5) is 18.4. The van der Waals surface area contributed by atoms with Gasteiger partial charge in [0.05, 0.1) is 29.5 Å². The highest BCUT2D eigenvalue weighted by molar-refractivity contribution is 7.16. The molecule has 3 aromatic heterocycles. The Labute approximate surface area is 120 Å². The Balaban J connectivity index is 1.86. The standard InChI is InChI=1S/C13H14N6S/c1-8-5-16-9(6-15-8)7-17-11-10-3-4-20-12(10)19-13(14-2)18-11/h3-6H,7H2,1-2H3,(H2,14,17,18,19). The highest BCUT2D eigenvalue weighted by atomic mass is 32.1. The van der Waals surface area contributed by atoms with Gasteiger partial charge in [0.25, 0.3) is 0 Å². The van der Waals surface area contributed by atoms with E-state index in [9.17, 15) is 0 Å². The first-order chi connectivity index (χ1) is 9.76. The lowest BCUT2D eigenvalue weighted by Gasteiger charge is -2.08. The number of nitrogens with zero attached hydrogens (tertiary/aromatic N) is 4. The molecule has 0 aliphatic rings. The second kappa shape index (κ2) is 5.38. The molecule has 6 nitrogen and oxygen atoms in total. The van der Waals surface area contributed by atoms with Crippen LogP contribution in [0.4, 0.5) is 11.8 Å². The van der Waals surface area contributed by atoms with Crippen LogP contribution in [0.25, 0.3) is 10.2 Å². The van der Waals surface area contributed by atoms with Crippen molar-refractivity contribution in [3.63, 3.8) is 0 Å². The first-order valence-corrected chi connectivity index (χ1v) is 7.08. The minimum Gasteiger partial charge on any atom is -0.364 e. The van der Waals surface area contributed by atoms with Gasteiger partial charge in [-0.25, -0.2) is 4.98 Å². The van der Waals surface area contributed by atoms with E-state index < -0.39 is 0 Å². The molecule has 3 rings (SSSR count). The predicted octanol–water partition coefficient (Wildman–Crippen LogP) is 2.44. The van der Waals surface area contributed by atoms with Crippen LogP contribution in [0.15, 0.2) is 23.8 Å². The van der Waals surface area contributed by atoms with E-state index in [0.717, 1.165) is 27.4 Å². The van der Waals surface area contributed by atoms with E-state index in [1.807, 2.05) is 25.4 Å². The average molecular weight is 286 g/mol. The molecule has 102 valence electrons. The predicted molar refractivity (Wildman–Crippen MR) is 81.1 cm³/mol. The van der Waals surface area contributed by atoms with Crippen LogP contribution in [0, 0.1) is 6.92 Å². The summed E-state index contributed by atoms with van der Waals surface area (Å²) in [5, 5.41) is 9.30. The van der Waals surface area contributed by atoms with E-state index >= 15 is 0 Å². The molecule has 20 heavy (non-hydrogen) atoms. The second-order valence-corrected chi connectivity index (χ2v) is 5.18. The lowest BCUT2D eigenvalue weighted by atomic mass is 10.3. The zero-order valence-corrected chi connectivity index (χ0v) is 12.0. The summed E-state index contributed by atoms with van der Waals surface area (Å²) >= 11 is 1.60. The summed E-state index contributed by atoms with van der Waals surface area (Å²) in [6.07, 6.45) is 3.53. The van der Waals surface area contributed by atoms with Gasteiger partial charge in [0.2, 0.25) is 5.95 Å². The number of rotatable bonds is 4. The largest absolute Gasteiger partial charge is 0.364 e. The number of thiophene rings is 1. The zero-order valence-electron chi connectivity index (χ0n) is 11.2. The van der Waals surface area contributed by atoms with Gasteiger partial charge in [0.15, 0.2) is 0 Å². The molecule has 0 aromatic carbocycles. The van der Waals surface area contributed by atoms with Crippen LogP contribution in [0.2, 0.25) is 0 Å². The monoisotopic (exact) mass is 286 g/mol. The lowest BCUT2D eigenvalue weighted by Crippen LogP contribution is -2.06. The van der Waals surface area contributed by atoms with Crippen molar-refractivity contribution in [1.82, 2.24) is 19.9 Å². The fourth-order valence-corrected chi connectivity index (χ4v) is 2.55. The van der Waals surface area contributed by atoms with Crippen molar-refractivity contribution >= 4 is 33.3 Å². The van der Waals surface area contributed by atoms with Gasteiger partial charge in [-0.3, -0.25) is 9.97 Å². The quantitative estimate of drug-likeness (QED) is 0.767. The van der Waals surface area contributed by atoms with E-state index in [2.05, 4.69) is 30.6 Å². The number of fused-ring (bicyclic) bond motifs is 1. The Kier molecular flexibility index (Phi) is 3.42. The van der Waals surface area contributed by atoms with Crippen LogP contribution >= 0.6 is 11.3 Å². The summed E-state index contributed by atoms with van der Waals surface area (Å²) in [5.41, 5.74) is 1.79. The van der Waals surface area contributed by atoms with Crippen molar-refractivity contribution in [2.24, 2.45) is 0 Å². The molecule has 0 amide bonds. The van der Waals surface area contributed by atoms with Crippen LogP contribution in [0.1, 0.15) is 11.4 Å². The molecule has 0 atom stereocenters. The molecule has 0 aliphatic heterocycles. The number of hydrogen-bond acceptors (Lipinski definition) is 7. The third kappa shape index (κ3) is 2.53. The summed E-state index contributed by atoms with van der Waals surface area (Å²) in [6, 6.07) is 2.02. The van der Waals surface area contributed by atoms with Gasteiger partial charge in [-0.2, -0.15) is 4.98 Å². The molecule has 0 spiro atoms. The SMILES string of the molecule is CNc1nc(NCc2cnc(C)cn2)c2ccsc2n1. The van der Waals surface area contributed by atoms with Gasteiger partial charge < -0.3 is 10.6 Å². The molecule has 0 radical (unpaired) electrons. The van der Waals surface area contributed by atoms with E-state index in [1.165, 1.54) is 0 Å². The number of anilines is 2. The number of aryl methyl sites for hydroxylation is 1. The molecule has 0 fully saturated rings. The van der Waals surface area contributed by atoms with Gasteiger partial charge >= 0.3 is 0 Å². The minimum absolute atomic E-state index is 0.582. The molecule has 0 saturated carbocycles. The highest BCUT2D eigenvalue weighted by Crippen LogP contribution is 2.26. The maximum absolute atomic E-state index is 4.45. The number of aromatic nitrogens is 4. The first-order valence-electron chi connectivity index (χ1n) is 6.20. The fraction of sp³-hybridized carbons (Fsp3) is 0.231. The molecule has 3 aromatic rings. The Hall–Kier alpha value is -2.28. The zero-order chi connectivity index (χ0) is 13.9. The Morgan fingerprint density at radius 2 is 2.10 bits per heavy atom. The van der Waals surface area contributed by atoms with Gasteiger partial charge in [-0.05, 0) is 18.4 Å². The summed E-state index contributed by atoms with van der Waals surface area (Å²) in [7, 11) is 1.81.